The Balaban J connectivity index is 2.03. The highest BCUT2D eigenvalue weighted by Gasteiger charge is 2.09. The van der Waals surface area contributed by atoms with E-state index in [4.69, 9.17) is 9.52 Å². The Hall–Kier alpha value is -2.07. The zero-order chi connectivity index (χ0) is 13.7. The Morgan fingerprint density at radius 1 is 1.21 bits per heavy atom. The monoisotopic (exact) mass is 259 g/mol. The van der Waals surface area contributed by atoms with Crippen molar-refractivity contribution in [2.24, 2.45) is 0 Å². The van der Waals surface area contributed by atoms with E-state index in [1.807, 2.05) is 37.4 Å². The van der Waals surface area contributed by atoms with Gasteiger partial charge in [-0.2, -0.15) is 0 Å². The molecule has 0 saturated carbocycles. The highest BCUT2D eigenvalue weighted by Crippen LogP contribution is 2.14. The smallest absolute Gasteiger partial charge is 0.307 e. The van der Waals surface area contributed by atoms with Gasteiger partial charge in [0.05, 0.1) is 18.9 Å². The maximum Gasteiger partial charge on any atom is 0.307 e. The predicted octanol–water partition coefficient (Wildman–Crippen LogP) is 2.54. The molecule has 100 valence electrons. The molecular weight excluding hydrogens is 242 g/mol. The molecule has 19 heavy (non-hydrogen) atoms. The second kappa shape index (κ2) is 6.20. The highest BCUT2D eigenvalue weighted by atomic mass is 16.4. The molecule has 4 nitrogen and oxygen atoms in total. The van der Waals surface area contributed by atoms with Gasteiger partial charge in [0.1, 0.15) is 0 Å². The van der Waals surface area contributed by atoms with Gasteiger partial charge in [0.15, 0.2) is 0 Å². The summed E-state index contributed by atoms with van der Waals surface area (Å²) in [6.45, 7) is 1.49. The van der Waals surface area contributed by atoms with Crippen LogP contribution >= 0.6 is 0 Å². The molecule has 0 radical (unpaired) electrons. The summed E-state index contributed by atoms with van der Waals surface area (Å²) < 4.78 is 5.04. The number of furan rings is 1. The van der Waals surface area contributed by atoms with E-state index in [1.165, 1.54) is 0 Å². The van der Waals surface area contributed by atoms with Crippen molar-refractivity contribution >= 4 is 5.97 Å². The third-order valence-corrected chi connectivity index (χ3v) is 2.93. The second-order valence-corrected chi connectivity index (χ2v) is 4.64. The molecule has 0 aliphatic rings. The summed E-state index contributed by atoms with van der Waals surface area (Å²) in [7, 11) is 2.00. The molecule has 0 aliphatic carbocycles. The van der Waals surface area contributed by atoms with Crippen LogP contribution in [0.25, 0.3) is 0 Å². The van der Waals surface area contributed by atoms with Gasteiger partial charge in [-0.15, -0.1) is 0 Å². The number of hydrogen-bond acceptors (Lipinski definition) is 3. The van der Waals surface area contributed by atoms with E-state index in [1.54, 1.807) is 12.5 Å². The molecule has 0 bridgehead atoms. The molecule has 0 unspecified atom stereocenters. The van der Waals surface area contributed by atoms with Gasteiger partial charge in [0, 0.05) is 18.7 Å². The summed E-state index contributed by atoms with van der Waals surface area (Å²) in [5.74, 6) is -0.801. The van der Waals surface area contributed by atoms with E-state index in [0.29, 0.717) is 6.54 Å². The van der Waals surface area contributed by atoms with Crippen LogP contribution in [0.5, 0.6) is 0 Å². The van der Waals surface area contributed by atoms with E-state index in [-0.39, 0.29) is 6.42 Å². The van der Waals surface area contributed by atoms with Gasteiger partial charge < -0.3 is 9.52 Å². The van der Waals surface area contributed by atoms with Gasteiger partial charge in [-0.05, 0) is 24.2 Å². The molecule has 0 amide bonds. The lowest BCUT2D eigenvalue weighted by molar-refractivity contribution is -0.136. The first-order valence-electron chi connectivity index (χ1n) is 6.13. The van der Waals surface area contributed by atoms with Crippen molar-refractivity contribution in [1.29, 1.82) is 0 Å². The zero-order valence-corrected chi connectivity index (χ0v) is 10.9. The van der Waals surface area contributed by atoms with Gasteiger partial charge in [-0.1, -0.05) is 24.3 Å². The van der Waals surface area contributed by atoms with Crippen LogP contribution in [0.3, 0.4) is 0 Å². The Morgan fingerprint density at radius 2 is 1.95 bits per heavy atom. The first kappa shape index (κ1) is 13.4. The number of benzene rings is 1. The molecule has 4 heteroatoms. The standard InChI is InChI=1S/C15H17NO3/c1-16(9-12-6-7-19-11-12)10-14-5-3-2-4-13(14)8-15(17)18/h2-7,11H,8-10H2,1H3,(H,17,18). The molecule has 2 aromatic rings. The fourth-order valence-electron chi connectivity index (χ4n) is 2.09. The molecule has 0 spiro atoms. The lowest BCUT2D eigenvalue weighted by Gasteiger charge is -2.17. The van der Waals surface area contributed by atoms with Crippen LogP contribution in [0.1, 0.15) is 16.7 Å². The van der Waals surface area contributed by atoms with E-state index in [2.05, 4.69) is 4.90 Å². The summed E-state index contributed by atoms with van der Waals surface area (Å²) in [4.78, 5) is 13.0. The minimum atomic E-state index is -0.801. The lowest BCUT2D eigenvalue weighted by atomic mass is 10.0. The van der Waals surface area contributed by atoms with E-state index < -0.39 is 5.97 Å². The average Bonchev–Trinajstić information content (AvgIpc) is 2.83. The minimum Gasteiger partial charge on any atom is -0.481 e. The summed E-state index contributed by atoms with van der Waals surface area (Å²) >= 11 is 0. The largest absolute Gasteiger partial charge is 0.481 e. The second-order valence-electron chi connectivity index (χ2n) is 4.64. The van der Waals surface area contributed by atoms with Crippen LogP contribution in [0.15, 0.2) is 47.3 Å². The molecule has 1 aromatic heterocycles. The summed E-state index contributed by atoms with van der Waals surface area (Å²) in [5.41, 5.74) is 3.03. The zero-order valence-electron chi connectivity index (χ0n) is 10.9. The number of hydrogen-bond donors (Lipinski definition) is 1. The van der Waals surface area contributed by atoms with Gasteiger partial charge in [-0.25, -0.2) is 0 Å². The Morgan fingerprint density at radius 3 is 2.58 bits per heavy atom. The fraction of sp³-hybridized carbons (Fsp3) is 0.267. The Kier molecular flexibility index (Phi) is 4.36. The van der Waals surface area contributed by atoms with Gasteiger partial charge >= 0.3 is 5.97 Å². The molecule has 1 heterocycles. The molecule has 1 N–H and O–H groups in total. The van der Waals surface area contributed by atoms with Crippen molar-refractivity contribution < 1.29 is 14.3 Å². The third-order valence-electron chi connectivity index (χ3n) is 2.93. The van der Waals surface area contributed by atoms with Crippen LogP contribution in [0.2, 0.25) is 0 Å². The third kappa shape index (κ3) is 3.96. The SMILES string of the molecule is CN(Cc1ccoc1)Cc1ccccc1CC(=O)O. The van der Waals surface area contributed by atoms with Crippen LogP contribution in [0, 0.1) is 0 Å². The number of carbonyl (C=O) groups is 1. The Labute approximate surface area is 112 Å². The van der Waals surface area contributed by atoms with E-state index in [9.17, 15) is 4.79 Å². The quantitative estimate of drug-likeness (QED) is 0.866. The summed E-state index contributed by atoms with van der Waals surface area (Å²) in [6, 6.07) is 9.59. The molecule has 0 aliphatic heterocycles. The highest BCUT2D eigenvalue weighted by molar-refractivity contribution is 5.70. The van der Waals surface area contributed by atoms with Crippen LogP contribution < -0.4 is 0 Å². The number of nitrogens with zero attached hydrogens (tertiary/aromatic N) is 1. The van der Waals surface area contributed by atoms with Gasteiger partial charge in [0.2, 0.25) is 0 Å². The maximum atomic E-state index is 10.8. The molecule has 0 saturated heterocycles. The van der Waals surface area contributed by atoms with Crippen molar-refractivity contribution in [3.8, 4) is 0 Å². The van der Waals surface area contributed by atoms with Crippen molar-refractivity contribution in [2.45, 2.75) is 19.5 Å². The Bertz CT molecular complexity index is 534. The van der Waals surface area contributed by atoms with Crippen LogP contribution in [0.4, 0.5) is 0 Å². The van der Waals surface area contributed by atoms with Crippen molar-refractivity contribution in [3.05, 3.63) is 59.5 Å². The number of aliphatic carboxylic acids is 1. The number of rotatable bonds is 6. The van der Waals surface area contributed by atoms with E-state index in [0.717, 1.165) is 23.2 Å². The topological polar surface area (TPSA) is 53.7 Å². The van der Waals surface area contributed by atoms with Gasteiger partial charge in [-0.3, -0.25) is 9.69 Å². The van der Waals surface area contributed by atoms with Crippen molar-refractivity contribution in [2.75, 3.05) is 7.05 Å². The van der Waals surface area contributed by atoms with Crippen molar-refractivity contribution in [3.63, 3.8) is 0 Å². The maximum absolute atomic E-state index is 10.8. The number of carboxylic acids is 1. The number of carboxylic acid groups (broad SMARTS) is 1. The molecule has 0 atom stereocenters. The molecule has 0 fully saturated rings. The first-order chi connectivity index (χ1) is 9.15. The summed E-state index contributed by atoms with van der Waals surface area (Å²) in [6.07, 6.45) is 3.44. The summed E-state index contributed by atoms with van der Waals surface area (Å²) in [5, 5.41) is 8.91. The lowest BCUT2D eigenvalue weighted by Crippen LogP contribution is -2.18. The van der Waals surface area contributed by atoms with E-state index >= 15 is 0 Å². The average molecular weight is 259 g/mol. The van der Waals surface area contributed by atoms with Gasteiger partial charge in [0.25, 0.3) is 0 Å². The van der Waals surface area contributed by atoms with Crippen molar-refractivity contribution in [1.82, 2.24) is 4.90 Å². The normalized spacial score (nSPS) is 10.8. The minimum absolute atomic E-state index is 0.0652. The fourth-order valence-corrected chi connectivity index (χ4v) is 2.09. The first-order valence-corrected chi connectivity index (χ1v) is 6.13. The molecule has 1 aromatic carbocycles. The van der Waals surface area contributed by atoms with Crippen LogP contribution in [-0.4, -0.2) is 23.0 Å². The molecule has 2 rings (SSSR count). The predicted molar refractivity (Wildman–Crippen MR) is 71.7 cm³/mol. The van der Waals surface area contributed by atoms with Crippen LogP contribution in [-0.2, 0) is 24.3 Å². The molecular formula is C15H17NO3.